The summed E-state index contributed by atoms with van der Waals surface area (Å²) in [7, 11) is 1.54. The number of para-hydroxylation sites is 1. The van der Waals surface area contributed by atoms with E-state index >= 15 is 0 Å². The molecule has 1 amide bonds. The zero-order chi connectivity index (χ0) is 27.5. The fourth-order valence-electron chi connectivity index (χ4n) is 4.06. The van der Waals surface area contributed by atoms with Gasteiger partial charge in [-0.3, -0.25) is 10.2 Å². The van der Waals surface area contributed by atoms with Crippen molar-refractivity contribution in [3.8, 4) is 17.2 Å². The lowest BCUT2D eigenvalue weighted by Gasteiger charge is -2.20. The van der Waals surface area contributed by atoms with Gasteiger partial charge in [0.05, 0.1) is 17.2 Å². The largest absolute Gasteiger partial charge is 0.493 e. The fourth-order valence-corrected chi connectivity index (χ4v) is 5.61. The van der Waals surface area contributed by atoms with Gasteiger partial charge in [0.1, 0.15) is 24.0 Å². The lowest BCUT2D eigenvalue weighted by atomic mass is 10.1. The third-order valence-corrected chi connectivity index (χ3v) is 7.60. The van der Waals surface area contributed by atoms with E-state index in [2.05, 4.69) is 26.0 Å². The number of methoxy groups -OCH3 is 1. The van der Waals surface area contributed by atoms with Crippen LogP contribution in [0.1, 0.15) is 22.3 Å². The van der Waals surface area contributed by atoms with Crippen LogP contribution in [-0.2, 0) is 4.79 Å². The topological polar surface area (TPSA) is 96.6 Å². The number of nitrogens with one attached hydrogen (secondary N) is 1. The summed E-state index contributed by atoms with van der Waals surface area (Å²) >= 11 is 4.83. The van der Waals surface area contributed by atoms with Crippen LogP contribution in [0.2, 0.25) is 0 Å². The van der Waals surface area contributed by atoms with Gasteiger partial charge < -0.3 is 14.2 Å². The van der Waals surface area contributed by atoms with Gasteiger partial charge in [-0.1, -0.05) is 42.5 Å². The highest BCUT2D eigenvalue weighted by molar-refractivity contribution is 9.10. The zero-order valence-electron chi connectivity index (χ0n) is 21.5. The summed E-state index contributed by atoms with van der Waals surface area (Å²) in [6, 6.07) is 19.2. The molecule has 0 saturated heterocycles. The van der Waals surface area contributed by atoms with Gasteiger partial charge in [0.25, 0.3) is 5.91 Å². The summed E-state index contributed by atoms with van der Waals surface area (Å²) in [6.07, 6.45) is 1.61. The molecule has 0 unspecified atom stereocenters. The van der Waals surface area contributed by atoms with Gasteiger partial charge in [-0.05, 0) is 82.5 Å². The number of halogens is 1. The maximum Gasteiger partial charge on any atom is 0.283 e. The first-order valence-electron chi connectivity index (χ1n) is 12.1. The first-order valence-corrected chi connectivity index (χ1v) is 13.7. The number of fused-ring (bicyclic) bond motifs is 1. The number of ether oxygens (including phenoxy) is 3. The van der Waals surface area contributed by atoms with Gasteiger partial charge >= 0.3 is 0 Å². The predicted molar refractivity (Wildman–Crippen MR) is 158 cm³/mol. The number of hydrazone groups is 1. The second kappa shape index (κ2) is 11.5. The molecular weight excluding hydrogens is 580 g/mol. The number of thioether (sulfide) groups is 1. The Morgan fingerprint density at radius 1 is 1.00 bits per heavy atom. The van der Waals surface area contributed by atoms with Gasteiger partial charge in [0.2, 0.25) is 5.17 Å². The van der Waals surface area contributed by atoms with E-state index in [0.717, 1.165) is 22.4 Å². The van der Waals surface area contributed by atoms with Crippen molar-refractivity contribution in [2.75, 3.05) is 20.3 Å². The van der Waals surface area contributed by atoms with Crippen molar-refractivity contribution in [1.82, 2.24) is 5.01 Å². The molecule has 0 aliphatic carbocycles. The normalized spacial score (nSPS) is 15.7. The highest BCUT2D eigenvalue weighted by Gasteiger charge is 2.36. The highest BCUT2D eigenvalue weighted by atomic mass is 79.9. The molecule has 0 radical (unpaired) electrons. The van der Waals surface area contributed by atoms with Crippen LogP contribution in [0.3, 0.4) is 0 Å². The van der Waals surface area contributed by atoms with Crippen molar-refractivity contribution in [3.63, 3.8) is 0 Å². The standard InChI is InChI=1S/C29H25BrN4O4S/c1-17-8-4-6-10-20(17)28-33-34-26(31)21(27(35)32-29(34)39-28)14-19-15-22(30)25(24(16-19)36-3)38-13-12-37-23-11-7-5-9-18(23)2/h4-11,14-16,31H,12-13H2,1-3H3. The molecule has 2 heterocycles. The van der Waals surface area contributed by atoms with Gasteiger partial charge in [-0.25, -0.2) is 0 Å². The number of aryl methyl sites for hydroxylation is 2. The van der Waals surface area contributed by atoms with Crippen LogP contribution in [-0.4, -0.2) is 47.3 Å². The summed E-state index contributed by atoms with van der Waals surface area (Å²) in [6.45, 7) is 4.65. The lowest BCUT2D eigenvalue weighted by molar-refractivity contribution is -0.114. The minimum absolute atomic E-state index is 0.0372. The molecule has 0 spiro atoms. The molecule has 0 bridgehead atoms. The van der Waals surface area contributed by atoms with Crippen molar-refractivity contribution in [3.05, 3.63) is 93.0 Å². The summed E-state index contributed by atoms with van der Waals surface area (Å²) in [5.41, 5.74) is 3.82. The Labute approximate surface area is 239 Å². The van der Waals surface area contributed by atoms with Gasteiger partial charge in [-0.2, -0.15) is 15.1 Å². The third kappa shape index (κ3) is 5.62. The number of hydrogen-bond donors (Lipinski definition) is 1. The predicted octanol–water partition coefficient (Wildman–Crippen LogP) is 6.20. The molecule has 10 heteroatoms. The van der Waals surface area contributed by atoms with Crippen LogP contribution in [0.5, 0.6) is 17.2 Å². The summed E-state index contributed by atoms with van der Waals surface area (Å²) in [5, 5.41) is 15.8. The third-order valence-electron chi connectivity index (χ3n) is 6.07. The Morgan fingerprint density at radius 3 is 2.46 bits per heavy atom. The number of amides is 1. The quantitative estimate of drug-likeness (QED) is 0.243. The van der Waals surface area contributed by atoms with E-state index < -0.39 is 5.91 Å². The number of benzene rings is 3. The molecule has 39 heavy (non-hydrogen) atoms. The minimum atomic E-state index is -0.497. The highest BCUT2D eigenvalue weighted by Crippen LogP contribution is 2.38. The molecule has 3 aromatic rings. The Balaban J connectivity index is 1.33. The monoisotopic (exact) mass is 604 g/mol. The Kier molecular flexibility index (Phi) is 7.85. The van der Waals surface area contributed by atoms with Crippen LogP contribution in [0.15, 0.2) is 80.8 Å². The molecule has 3 aromatic carbocycles. The number of aliphatic imine (C=N–C) groups is 1. The van der Waals surface area contributed by atoms with E-state index in [9.17, 15) is 4.79 Å². The molecule has 2 aliphatic rings. The smallest absolute Gasteiger partial charge is 0.283 e. The molecule has 0 aromatic heterocycles. The van der Waals surface area contributed by atoms with Gasteiger partial charge in [-0.15, -0.1) is 0 Å². The SMILES string of the molecule is COc1cc(C=C2C(=N)N3N=C(c4ccccc4C)SC3=NC2=O)cc(Br)c1OCCOc1ccccc1C. The fraction of sp³-hybridized carbons (Fsp3) is 0.172. The Hall–Kier alpha value is -3.89. The van der Waals surface area contributed by atoms with Crippen molar-refractivity contribution >= 4 is 55.7 Å². The summed E-state index contributed by atoms with van der Waals surface area (Å²) in [5.74, 6) is 1.27. The molecule has 198 valence electrons. The summed E-state index contributed by atoms with van der Waals surface area (Å²) in [4.78, 5) is 17.1. The van der Waals surface area contributed by atoms with Crippen LogP contribution in [0.4, 0.5) is 0 Å². The number of carbonyl (C=O) groups excluding carboxylic acids is 1. The number of amidine groups is 2. The van der Waals surface area contributed by atoms with Crippen LogP contribution >= 0.6 is 27.7 Å². The maximum absolute atomic E-state index is 12.9. The van der Waals surface area contributed by atoms with Crippen LogP contribution in [0.25, 0.3) is 6.08 Å². The Bertz CT molecular complexity index is 1570. The minimum Gasteiger partial charge on any atom is -0.493 e. The van der Waals surface area contributed by atoms with E-state index in [1.807, 2.05) is 62.4 Å². The maximum atomic E-state index is 12.9. The molecule has 0 fully saturated rings. The number of carbonyl (C=O) groups is 1. The van der Waals surface area contributed by atoms with Crippen LogP contribution < -0.4 is 14.2 Å². The molecule has 2 aliphatic heterocycles. The second-order valence-electron chi connectivity index (χ2n) is 8.74. The van der Waals surface area contributed by atoms with Gasteiger partial charge in [0, 0.05) is 5.56 Å². The molecule has 8 nitrogen and oxygen atoms in total. The molecule has 1 N–H and O–H groups in total. The molecular formula is C29H25BrN4O4S. The van der Waals surface area contributed by atoms with E-state index in [-0.39, 0.29) is 11.4 Å². The summed E-state index contributed by atoms with van der Waals surface area (Å²) < 4.78 is 18.0. The Morgan fingerprint density at radius 2 is 1.72 bits per heavy atom. The van der Waals surface area contributed by atoms with Crippen molar-refractivity contribution in [2.45, 2.75) is 13.8 Å². The number of rotatable bonds is 8. The number of hydrogen-bond acceptors (Lipinski definition) is 7. The first kappa shape index (κ1) is 26.7. The van der Waals surface area contributed by atoms with Gasteiger partial charge in [0.15, 0.2) is 17.3 Å². The molecule has 0 atom stereocenters. The van der Waals surface area contributed by atoms with Crippen molar-refractivity contribution in [2.24, 2.45) is 10.1 Å². The first-order chi connectivity index (χ1) is 18.9. The van der Waals surface area contributed by atoms with E-state index in [1.165, 1.54) is 16.8 Å². The van der Waals surface area contributed by atoms with Crippen LogP contribution in [0, 0.1) is 19.3 Å². The van der Waals surface area contributed by atoms with E-state index in [4.69, 9.17) is 19.6 Å². The molecule has 0 saturated carbocycles. The average Bonchev–Trinajstić information content (AvgIpc) is 3.34. The lowest BCUT2D eigenvalue weighted by Crippen LogP contribution is -2.35. The number of nitrogens with zero attached hydrogens (tertiary/aromatic N) is 3. The molecule has 5 rings (SSSR count). The van der Waals surface area contributed by atoms with Crippen molar-refractivity contribution < 1.29 is 19.0 Å². The van der Waals surface area contributed by atoms with E-state index in [0.29, 0.717) is 45.0 Å². The van der Waals surface area contributed by atoms with Crippen molar-refractivity contribution in [1.29, 1.82) is 5.41 Å². The second-order valence-corrected chi connectivity index (χ2v) is 10.5. The van der Waals surface area contributed by atoms with E-state index in [1.54, 1.807) is 25.3 Å². The zero-order valence-corrected chi connectivity index (χ0v) is 23.9. The average molecular weight is 606 g/mol.